The Hall–Kier alpha value is -1.37. The molecule has 0 spiro atoms. The molecule has 0 aliphatic carbocycles. The van der Waals surface area contributed by atoms with E-state index in [0.717, 1.165) is 0 Å². The van der Waals surface area contributed by atoms with Gasteiger partial charge in [0.1, 0.15) is 0 Å². The average Bonchev–Trinajstić information content (AvgIpc) is 2.16. The lowest BCUT2D eigenvalue weighted by atomic mass is 9.77. The van der Waals surface area contributed by atoms with Gasteiger partial charge in [0.25, 0.3) is 5.91 Å². The summed E-state index contributed by atoms with van der Waals surface area (Å²) in [5, 5.41) is 26.0. The van der Waals surface area contributed by atoms with Gasteiger partial charge in [-0.05, 0) is 11.5 Å². The number of carbonyl (C=O) groups is 1. The Morgan fingerprint density at radius 2 is 1.92 bits per heavy atom. The summed E-state index contributed by atoms with van der Waals surface area (Å²) >= 11 is 0. The highest BCUT2D eigenvalue weighted by molar-refractivity contribution is 6.60. The van der Waals surface area contributed by atoms with E-state index in [1.54, 1.807) is 12.1 Å². The SMILES string of the molecule is O=C(NO)c1ccccc1B(O)O. The molecule has 0 atom stereocenters. The Bertz CT molecular complexity index is 315. The average molecular weight is 181 g/mol. The summed E-state index contributed by atoms with van der Waals surface area (Å²) in [7, 11) is -1.73. The summed E-state index contributed by atoms with van der Waals surface area (Å²) in [6.07, 6.45) is 0. The fourth-order valence-electron chi connectivity index (χ4n) is 0.989. The van der Waals surface area contributed by atoms with Crippen LogP contribution in [0.25, 0.3) is 0 Å². The first kappa shape index (κ1) is 9.72. The van der Waals surface area contributed by atoms with Crippen LogP contribution in [-0.2, 0) is 0 Å². The molecular weight excluding hydrogens is 173 g/mol. The van der Waals surface area contributed by atoms with Gasteiger partial charge in [0.05, 0.1) is 0 Å². The molecule has 0 fully saturated rings. The lowest BCUT2D eigenvalue weighted by Gasteiger charge is -2.05. The Labute approximate surface area is 74.7 Å². The van der Waals surface area contributed by atoms with E-state index in [0.29, 0.717) is 0 Å². The Kier molecular flexibility index (Phi) is 3.02. The van der Waals surface area contributed by atoms with Gasteiger partial charge in [-0.1, -0.05) is 18.2 Å². The molecule has 0 aliphatic heterocycles. The molecule has 0 radical (unpaired) electrons. The maximum absolute atomic E-state index is 11.0. The number of hydroxylamine groups is 1. The van der Waals surface area contributed by atoms with Crippen molar-refractivity contribution in [2.75, 3.05) is 0 Å². The molecule has 1 aromatic carbocycles. The van der Waals surface area contributed by atoms with Gasteiger partial charge < -0.3 is 10.0 Å². The van der Waals surface area contributed by atoms with E-state index in [1.165, 1.54) is 17.6 Å². The fraction of sp³-hybridized carbons (Fsp3) is 0. The second-order valence-electron chi connectivity index (χ2n) is 2.40. The molecule has 0 bridgehead atoms. The minimum Gasteiger partial charge on any atom is -0.423 e. The van der Waals surface area contributed by atoms with E-state index < -0.39 is 13.0 Å². The second-order valence-corrected chi connectivity index (χ2v) is 2.40. The molecule has 4 N–H and O–H groups in total. The third-order valence-corrected chi connectivity index (χ3v) is 1.59. The van der Waals surface area contributed by atoms with Crippen LogP contribution in [0.5, 0.6) is 0 Å². The predicted molar refractivity (Wildman–Crippen MR) is 45.5 cm³/mol. The molecular formula is C7H8BNO4. The summed E-state index contributed by atoms with van der Waals surface area (Å²) in [6.45, 7) is 0. The highest BCUT2D eigenvalue weighted by Gasteiger charge is 2.18. The van der Waals surface area contributed by atoms with Gasteiger partial charge in [0, 0.05) is 5.56 Å². The van der Waals surface area contributed by atoms with Crippen molar-refractivity contribution in [1.29, 1.82) is 0 Å². The normalized spacial score (nSPS) is 9.46. The van der Waals surface area contributed by atoms with Crippen LogP contribution in [0.1, 0.15) is 10.4 Å². The van der Waals surface area contributed by atoms with Crippen molar-refractivity contribution in [1.82, 2.24) is 5.48 Å². The number of rotatable bonds is 2. The predicted octanol–water partition coefficient (Wildman–Crippen LogP) is -1.51. The van der Waals surface area contributed by atoms with Crippen LogP contribution < -0.4 is 10.9 Å². The van der Waals surface area contributed by atoms with Gasteiger partial charge >= 0.3 is 7.12 Å². The van der Waals surface area contributed by atoms with Crippen LogP contribution in [0.2, 0.25) is 0 Å². The summed E-state index contributed by atoms with van der Waals surface area (Å²) < 4.78 is 0. The third-order valence-electron chi connectivity index (χ3n) is 1.59. The monoisotopic (exact) mass is 181 g/mol. The maximum atomic E-state index is 11.0. The number of nitrogens with one attached hydrogen (secondary N) is 1. The van der Waals surface area contributed by atoms with Crippen molar-refractivity contribution < 1.29 is 20.0 Å². The van der Waals surface area contributed by atoms with Gasteiger partial charge in [0.2, 0.25) is 0 Å². The van der Waals surface area contributed by atoms with E-state index in [1.807, 2.05) is 0 Å². The first-order valence-corrected chi connectivity index (χ1v) is 3.56. The quantitative estimate of drug-likeness (QED) is 0.253. The topological polar surface area (TPSA) is 89.8 Å². The Morgan fingerprint density at radius 3 is 2.46 bits per heavy atom. The van der Waals surface area contributed by atoms with Gasteiger partial charge in [-0.25, -0.2) is 5.48 Å². The van der Waals surface area contributed by atoms with Crippen LogP contribution in [0.3, 0.4) is 0 Å². The third kappa shape index (κ3) is 2.06. The smallest absolute Gasteiger partial charge is 0.423 e. The lowest BCUT2D eigenvalue weighted by molar-refractivity contribution is 0.0707. The van der Waals surface area contributed by atoms with E-state index >= 15 is 0 Å². The molecule has 0 saturated heterocycles. The highest BCUT2D eigenvalue weighted by Crippen LogP contribution is 1.96. The summed E-state index contributed by atoms with van der Waals surface area (Å²) in [6, 6.07) is 5.87. The maximum Gasteiger partial charge on any atom is 0.489 e. The van der Waals surface area contributed by atoms with Crippen molar-refractivity contribution >= 4 is 18.5 Å². The van der Waals surface area contributed by atoms with Gasteiger partial charge in [-0.15, -0.1) is 0 Å². The van der Waals surface area contributed by atoms with Crippen LogP contribution in [-0.4, -0.2) is 28.3 Å². The molecule has 0 unspecified atom stereocenters. The number of hydrogen-bond donors (Lipinski definition) is 4. The second kappa shape index (κ2) is 4.04. The Morgan fingerprint density at radius 1 is 1.31 bits per heavy atom. The minimum absolute atomic E-state index is 0.0278. The molecule has 1 aromatic rings. The highest BCUT2D eigenvalue weighted by atomic mass is 16.5. The first-order chi connectivity index (χ1) is 6.16. The van der Waals surface area contributed by atoms with Crippen molar-refractivity contribution in [2.45, 2.75) is 0 Å². The van der Waals surface area contributed by atoms with E-state index in [2.05, 4.69) is 0 Å². The number of amides is 1. The molecule has 68 valence electrons. The summed E-state index contributed by atoms with van der Waals surface area (Å²) in [5.74, 6) is -0.774. The number of benzene rings is 1. The van der Waals surface area contributed by atoms with Crippen molar-refractivity contribution in [3.8, 4) is 0 Å². The minimum atomic E-state index is -1.73. The standard InChI is InChI=1S/C7H8BNO4/c10-7(9-13)5-3-1-2-4-6(5)8(11)12/h1-4,11-13H,(H,9,10). The molecule has 13 heavy (non-hydrogen) atoms. The zero-order valence-corrected chi connectivity index (χ0v) is 6.64. The molecule has 1 rings (SSSR count). The molecule has 0 aromatic heterocycles. The number of hydrogen-bond acceptors (Lipinski definition) is 4. The van der Waals surface area contributed by atoms with Gasteiger partial charge in [-0.3, -0.25) is 10.0 Å². The molecule has 0 saturated carbocycles. The molecule has 1 amide bonds. The molecule has 6 heteroatoms. The molecule has 0 aliphatic rings. The summed E-state index contributed by atoms with van der Waals surface area (Å²) in [5.41, 5.74) is 1.49. The van der Waals surface area contributed by atoms with Gasteiger partial charge in [0.15, 0.2) is 0 Å². The zero-order chi connectivity index (χ0) is 9.84. The van der Waals surface area contributed by atoms with Crippen LogP contribution in [0.4, 0.5) is 0 Å². The van der Waals surface area contributed by atoms with Crippen LogP contribution in [0, 0.1) is 0 Å². The van der Waals surface area contributed by atoms with Crippen molar-refractivity contribution in [2.24, 2.45) is 0 Å². The van der Waals surface area contributed by atoms with Gasteiger partial charge in [-0.2, -0.15) is 0 Å². The van der Waals surface area contributed by atoms with E-state index in [9.17, 15) is 4.79 Å². The summed E-state index contributed by atoms with van der Waals surface area (Å²) in [4.78, 5) is 11.0. The van der Waals surface area contributed by atoms with Crippen LogP contribution >= 0.6 is 0 Å². The first-order valence-electron chi connectivity index (χ1n) is 3.56. The zero-order valence-electron chi connectivity index (χ0n) is 6.64. The lowest BCUT2D eigenvalue weighted by Crippen LogP contribution is -2.37. The number of carbonyl (C=O) groups excluding carboxylic acids is 1. The fourth-order valence-corrected chi connectivity index (χ4v) is 0.989. The van der Waals surface area contributed by atoms with E-state index in [-0.39, 0.29) is 11.0 Å². The van der Waals surface area contributed by atoms with E-state index in [4.69, 9.17) is 15.3 Å². The molecule has 0 heterocycles. The molecule has 5 nitrogen and oxygen atoms in total. The van der Waals surface area contributed by atoms with Crippen molar-refractivity contribution in [3.63, 3.8) is 0 Å². The largest absolute Gasteiger partial charge is 0.489 e. The van der Waals surface area contributed by atoms with Crippen molar-refractivity contribution in [3.05, 3.63) is 29.8 Å². The Balaban J connectivity index is 3.12. The van der Waals surface area contributed by atoms with Crippen LogP contribution in [0.15, 0.2) is 24.3 Å².